The molecule has 0 aliphatic carbocycles. The molecular weight excluding hydrogens is 487 g/mol. The van der Waals surface area contributed by atoms with Gasteiger partial charge in [0, 0.05) is 44.8 Å². The average Bonchev–Trinajstić information content (AvgIpc) is 3.07. The normalized spacial score (nSPS) is 14.3. The first-order valence-electron chi connectivity index (χ1n) is 8.98. The van der Waals surface area contributed by atoms with Gasteiger partial charge in [-0.25, -0.2) is 4.98 Å². The Morgan fingerprint density at radius 3 is 2.75 bits per heavy atom. The molecule has 0 atom stereocenters. The molecule has 0 unspecified atom stereocenters. The van der Waals surface area contributed by atoms with E-state index in [0.717, 1.165) is 35.4 Å². The Bertz CT molecular complexity index is 807. The maximum atomic E-state index is 11.5. The molecule has 1 aromatic carbocycles. The summed E-state index contributed by atoms with van der Waals surface area (Å²) in [7, 11) is 3.80. The summed E-state index contributed by atoms with van der Waals surface area (Å²) in [5.74, 6) is 0.909. The van der Waals surface area contributed by atoms with Crippen molar-refractivity contribution in [3.05, 3.63) is 45.9 Å². The van der Waals surface area contributed by atoms with Crippen LogP contribution in [0.25, 0.3) is 0 Å². The highest BCUT2D eigenvalue weighted by Crippen LogP contribution is 2.16. The summed E-state index contributed by atoms with van der Waals surface area (Å²) in [5, 5.41) is 9.40. The fourth-order valence-corrected chi connectivity index (χ4v) is 3.65. The summed E-state index contributed by atoms with van der Waals surface area (Å²) in [6.07, 6.45) is 0. The summed E-state index contributed by atoms with van der Waals surface area (Å²) in [5.41, 5.74) is 3.30. The molecule has 2 aromatic rings. The Morgan fingerprint density at radius 2 is 2.14 bits per heavy atom. The van der Waals surface area contributed by atoms with E-state index in [-0.39, 0.29) is 29.9 Å². The molecule has 1 amide bonds. The first-order valence-corrected chi connectivity index (χ1v) is 9.86. The van der Waals surface area contributed by atoms with Crippen LogP contribution in [0.1, 0.15) is 16.3 Å². The molecule has 28 heavy (non-hydrogen) atoms. The summed E-state index contributed by atoms with van der Waals surface area (Å²) in [6, 6.07) is 8.32. The number of aromatic nitrogens is 1. The zero-order chi connectivity index (χ0) is 19.2. The summed E-state index contributed by atoms with van der Waals surface area (Å²) in [6.45, 7) is 5.39. The van der Waals surface area contributed by atoms with Crippen molar-refractivity contribution in [1.29, 1.82) is 0 Å². The Kier molecular flexibility index (Phi) is 8.49. The number of piperazine rings is 1. The highest BCUT2D eigenvalue weighted by Gasteiger charge is 2.16. The van der Waals surface area contributed by atoms with Gasteiger partial charge in [-0.15, -0.1) is 35.3 Å². The van der Waals surface area contributed by atoms with E-state index in [0.29, 0.717) is 19.6 Å². The standard InChI is InChI=1S/C19H26N6OS.HI/c1-14-23-16(13-27-14)11-24(3)19(20-2)22-10-15-4-6-17(7-5-15)25-9-8-21-18(26)12-25;/h4-7,13H,8-12H2,1-3H3,(H,20,22)(H,21,26);1H. The second-order valence-corrected chi connectivity index (χ2v) is 7.61. The minimum Gasteiger partial charge on any atom is -0.360 e. The van der Waals surface area contributed by atoms with Gasteiger partial charge in [0.15, 0.2) is 5.96 Å². The van der Waals surface area contributed by atoms with Gasteiger partial charge >= 0.3 is 0 Å². The number of aryl methyl sites for hydroxylation is 1. The molecule has 1 aromatic heterocycles. The highest BCUT2D eigenvalue weighted by molar-refractivity contribution is 14.0. The lowest BCUT2D eigenvalue weighted by Crippen LogP contribution is -2.47. The third-order valence-electron chi connectivity index (χ3n) is 4.43. The van der Waals surface area contributed by atoms with E-state index in [1.807, 2.05) is 14.0 Å². The van der Waals surface area contributed by atoms with Gasteiger partial charge in [-0.2, -0.15) is 0 Å². The zero-order valence-corrected chi connectivity index (χ0v) is 19.6. The third kappa shape index (κ3) is 6.06. The molecule has 0 spiro atoms. The second-order valence-electron chi connectivity index (χ2n) is 6.55. The van der Waals surface area contributed by atoms with Gasteiger partial charge in [-0.3, -0.25) is 9.79 Å². The molecular formula is C19H27IN6OS. The largest absolute Gasteiger partial charge is 0.360 e. The van der Waals surface area contributed by atoms with Crippen molar-refractivity contribution in [3.63, 3.8) is 0 Å². The van der Waals surface area contributed by atoms with Gasteiger partial charge in [0.05, 0.1) is 23.8 Å². The molecule has 9 heteroatoms. The van der Waals surface area contributed by atoms with Crippen LogP contribution in [-0.4, -0.2) is 55.5 Å². The number of amides is 1. The van der Waals surface area contributed by atoms with Crippen molar-refractivity contribution >= 4 is 52.9 Å². The number of rotatable bonds is 5. The number of hydrogen-bond acceptors (Lipinski definition) is 5. The number of nitrogens with zero attached hydrogens (tertiary/aromatic N) is 4. The van der Waals surface area contributed by atoms with Crippen molar-refractivity contribution in [2.45, 2.75) is 20.0 Å². The Hall–Kier alpha value is -1.88. The van der Waals surface area contributed by atoms with Crippen molar-refractivity contribution < 1.29 is 4.79 Å². The maximum absolute atomic E-state index is 11.5. The summed E-state index contributed by atoms with van der Waals surface area (Å²) in [4.78, 5) is 24.6. The van der Waals surface area contributed by atoms with Gasteiger partial charge in [-0.05, 0) is 24.6 Å². The van der Waals surface area contributed by atoms with Crippen LogP contribution in [0.4, 0.5) is 5.69 Å². The average molecular weight is 514 g/mol. The van der Waals surface area contributed by atoms with Crippen LogP contribution in [0.15, 0.2) is 34.6 Å². The van der Waals surface area contributed by atoms with Gasteiger partial charge in [-0.1, -0.05) is 12.1 Å². The van der Waals surface area contributed by atoms with E-state index in [9.17, 15) is 4.79 Å². The van der Waals surface area contributed by atoms with E-state index >= 15 is 0 Å². The number of halogens is 1. The quantitative estimate of drug-likeness (QED) is 0.364. The highest BCUT2D eigenvalue weighted by atomic mass is 127. The molecule has 1 aliphatic heterocycles. The van der Waals surface area contributed by atoms with Crippen LogP contribution in [-0.2, 0) is 17.9 Å². The SMILES string of the molecule is CN=C(NCc1ccc(N2CCNC(=O)C2)cc1)N(C)Cc1csc(C)n1.I. The number of nitrogens with one attached hydrogen (secondary N) is 2. The number of thiazole rings is 1. The van der Waals surface area contributed by atoms with Crippen molar-refractivity contribution in [2.75, 3.05) is 38.6 Å². The Balaban J connectivity index is 0.00000280. The van der Waals surface area contributed by atoms with Crippen LogP contribution >= 0.6 is 35.3 Å². The molecule has 0 radical (unpaired) electrons. The number of carbonyl (C=O) groups is 1. The molecule has 2 N–H and O–H groups in total. The lowest BCUT2D eigenvalue weighted by Gasteiger charge is -2.28. The van der Waals surface area contributed by atoms with E-state index in [2.05, 4.69) is 60.1 Å². The van der Waals surface area contributed by atoms with Crippen molar-refractivity contribution in [3.8, 4) is 0 Å². The van der Waals surface area contributed by atoms with Crippen LogP contribution in [0.2, 0.25) is 0 Å². The minimum atomic E-state index is 0. The topological polar surface area (TPSA) is 72.9 Å². The predicted octanol–water partition coefficient (Wildman–Crippen LogP) is 2.21. The van der Waals surface area contributed by atoms with Gasteiger partial charge in [0.2, 0.25) is 5.91 Å². The van der Waals surface area contributed by atoms with Crippen LogP contribution in [0.5, 0.6) is 0 Å². The first-order chi connectivity index (χ1) is 13.0. The van der Waals surface area contributed by atoms with Crippen LogP contribution in [0, 0.1) is 6.92 Å². The van der Waals surface area contributed by atoms with E-state index < -0.39 is 0 Å². The smallest absolute Gasteiger partial charge is 0.239 e. The maximum Gasteiger partial charge on any atom is 0.239 e. The number of guanidine groups is 1. The fourth-order valence-electron chi connectivity index (χ4n) is 3.05. The molecule has 3 rings (SSSR count). The van der Waals surface area contributed by atoms with E-state index in [1.54, 1.807) is 18.4 Å². The van der Waals surface area contributed by atoms with Crippen molar-refractivity contribution in [1.82, 2.24) is 20.5 Å². The van der Waals surface area contributed by atoms with E-state index in [1.165, 1.54) is 5.56 Å². The number of carbonyl (C=O) groups excluding carboxylic acids is 1. The van der Waals surface area contributed by atoms with Gasteiger partial charge in [0.1, 0.15) is 0 Å². The first kappa shape index (κ1) is 22.4. The number of aliphatic imine (C=N–C) groups is 1. The number of anilines is 1. The van der Waals surface area contributed by atoms with Crippen molar-refractivity contribution in [2.24, 2.45) is 4.99 Å². The monoisotopic (exact) mass is 514 g/mol. The zero-order valence-electron chi connectivity index (χ0n) is 16.4. The van der Waals surface area contributed by atoms with Gasteiger partial charge in [0.25, 0.3) is 0 Å². The molecule has 0 saturated carbocycles. The minimum absolute atomic E-state index is 0. The molecule has 1 aliphatic rings. The van der Waals surface area contributed by atoms with Gasteiger partial charge < -0.3 is 20.4 Å². The molecule has 1 fully saturated rings. The lowest BCUT2D eigenvalue weighted by atomic mass is 10.2. The molecule has 7 nitrogen and oxygen atoms in total. The van der Waals surface area contributed by atoms with Crippen LogP contribution < -0.4 is 15.5 Å². The van der Waals surface area contributed by atoms with E-state index in [4.69, 9.17) is 0 Å². The summed E-state index contributed by atoms with van der Waals surface area (Å²) < 4.78 is 0. The summed E-state index contributed by atoms with van der Waals surface area (Å²) >= 11 is 1.66. The number of hydrogen-bond donors (Lipinski definition) is 2. The third-order valence-corrected chi connectivity index (χ3v) is 5.25. The molecule has 2 heterocycles. The predicted molar refractivity (Wildman–Crippen MR) is 126 cm³/mol. The number of benzene rings is 1. The van der Waals surface area contributed by atoms with Crippen LogP contribution in [0.3, 0.4) is 0 Å². The molecule has 152 valence electrons. The Morgan fingerprint density at radius 1 is 1.39 bits per heavy atom. The molecule has 1 saturated heterocycles. The fraction of sp³-hybridized carbons (Fsp3) is 0.421. The lowest BCUT2D eigenvalue weighted by molar-refractivity contribution is -0.120. The second kappa shape index (κ2) is 10.6. The molecule has 0 bridgehead atoms. The Labute approximate surface area is 187 Å².